The molecular formula is C16H25N3O4S. The molecule has 1 N–H and O–H groups in total. The van der Waals surface area contributed by atoms with E-state index in [1.807, 2.05) is 25.1 Å². The van der Waals surface area contributed by atoms with Crippen LogP contribution in [0, 0.1) is 12.8 Å². The highest BCUT2D eigenvalue weighted by molar-refractivity contribution is 7.86. The molecule has 7 nitrogen and oxygen atoms in total. The molecule has 0 spiro atoms. The Balaban J connectivity index is 2.00. The first-order valence-corrected chi connectivity index (χ1v) is 9.28. The Hall–Kier alpha value is -1.64. The summed E-state index contributed by atoms with van der Waals surface area (Å²) in [5.74, 6) is 0.311. The fourth-order valence-corrected chi connectivity index (χ4v) is 3.87. The highest BCUT2D eigenvalue weighted by Gasteiger charge is 2.32. The Labute approximate surface area is 143 Å². The Bertz CT molecular complexity index is 695. The normalized spacial score (nSPS) is 17.0. The van der Waals surface area contributed by atoms with Gasteiger partial charge in [0.15, 0.2) is 0 Å². The van der Waals surface area contributed by atoms with Crippen molar-refractivity contribution in [1.82, 2.24) is 8.61 Å². The molecule has 1 saturated heterocycles. The van der Waals surface area contributed by atoms with Crippen molar-refractivity contribution in [2.45, 2.75) is 19.8 Å². The van der Waals surface area contributed by atoms with Gasteiger partial charge in [0.1, 0.15) is 5.75 Å². The van der Waals surface area contributed by atoms with Crippen LogP contribution in [0.25, 0.3) is 0 Å². The lowest BCUT2D eigenvalue weighted by molar-refractivity contribution is -0.120. The number of nitrogens with zero attached hydrogens (tertiary/aromatic N) is 2. The third-order valence-electron chi connectivity index (χ3n) is 4.23. The highest BCUT2D eigenvalue weighted by atomic mass is 32.2. The Morgan fingerprint density at radius 1 is 1.29 bits per heavy atom. The van der Waals surface area contributed by atoms with Gasteiger partial charge in [-0.25, -0.2) is 0 Å². The summed E-state index contributed by atoms with van der Waals surface area (Å²) in [6.45, 7) is 2.65. The molecule has 1 amide bonds. The molecule has 24 heavy (non-hydrogen) atoms. The topological polar surface area (TPSA) is 79.0 Å². The van der Waals surface area contributed by atoms with Gasteiger partial charge in [0.25, 0.3) is 10.2 Å². The molecule has 2 rings (SSSR count). The van der Waals surface area contributed by atoms with E-state index < -0.39 is 10.2 Å². The SMILES string of the molecule is COc1ccc(C)cc1NC(=O)C1CCN(S(=O)(=O)N(C)C)CC1. The van der Waals surface area contributed by atoms with Gasteiger partial charge in [0, 0.05) is 33.1 Å². The zero-order valence-electron chi connectivity index (χ0n) is 14.6. The summed E-state index contributed by atoms with van der Waals surface area (Å²) in [6, 6.07) is 5.60. The van der Waals surface area contributed by atoms with Crippen molar-refractivity contribution in [2.75, 3.05) is 39.6 Å². The number of piperidine rings is 1. The molecule has 1 heterocycles. The van der Waals surface area contributed by atoms with E-state index in [0.29, 0.717) is 37.4 Å². The lowest BCUT2D eigenvalue weighted by atomic mass is 9.97. The van der Waals surface area contributed by atoms with E-state index in [9.17, 15) is 13.2 Å². The van der Waals surface area contributed by atoms with E-state index in [1.165, 1.54) is 22.7 Å². The maximum absolute atomic E-state index is 12.5. The van der Waals surface area contributed by atoms with Crippen molar-refractivity contribution in [3.05, 3.63) is 23.8 Å². The van der Waals surface area contributed by atoms with Crippen LogP contribution in [0.5, 0.6) is 5.75 Å². The number of hydrogen-bond acceptors (Lipinski definition) is 4. The lowest BCUT2D eigenvalue weighted by Crippen LogP contribution is -2.46. The molecule has 0 aliphatic carbocycles. The number of carbonyl (C=O) groups excluding carboxylic acids is 1. The van der Waals surface area contributed by atoms with Crippen molar-refractivity contribution in [3.63, 3.8) is 0 Å². The number of ether oxygens (including phenoxy) is 1. The molecule has 8 heteroatoms. The molecule has 1 aliphatic heterocycles. The summed E-state index contributed by atoms with van der Waals surface area (Å²) >= 11 is 0. The quantitative estimate of drug-likeness (QED) is 0.867. The molecule has 0 unspecified atom stereocenters. The molecule has 1 fully saturated rings. The summed E-state index contributed by atoms with van der Waals surface area (Å²) in [5.41, 5.74) is 1.67. The van der Waals surface area contributed by atoms with Crippen molar-refractivity contribution in [2.24, 2.45) is 5.92 Å². The number of amides is 1. The summed E-state index contributed by atoms with van der Waals surface area (Å²) in [5, 5.41) is 2.91. The van der Waals surface area contributed by atoms with E-state index in [1.54, 1.807) is 7.11 Å². The maximum Gasteiger partial charge on any atom is 0.281 e. The lowest BCUT2D eigenvalue weighted by Gasteiger charge is -2.32. The second-order valence-electron chi connectivity index (χ2n) is 6.16. The molecule has 1 aromatic rings. The molecule has 0 atom stereocenters. The van der Waals surface area contributed by atoms with Crippen LogP contribution >= 0.6 is 0 Å². The van der Waals surface area contributed by atoms with E-state index in [-0.39, 0.29) is 11.8 Å². The van der Waals surface area contributed by atoms with Crippen LogP contribution in [0.2, 0.25) is 0 Å². The second-order valence-corrected chi connectivity index (χ2v) is 8.30. The number of methoxy groups -OCH3 is 1. The van der Waals surface area contributed by atoms with E-state index in [2.05, 4.69) is 5.32 Å². The van der Waals surface area contributed by atoms with Gasteiger partial charge < -0.3 is 10.1 Å². The summed E-state index contributed by atoms with van der Waals surface area (Å²) in [4.78, 5) is 12.5. The van der Waals surface area contributed by atoms with Crippen LogP contribution in [-0.2, 0) is 15.0 Å². The summed E-state index contributed by atoms with van der Waals surface area (Å²) in [6.07, 6.45) is 1.01. The third-order valence-corrected chi connectivity index (χ3v) is 6.17. The average Bonchev–Trinajstić information content (AvgIpc) is 2.55. The first-order chi connectivity index (χ1) is 11.3. The highest BCUT2D eigenvalue weighted by Crippen LogP contribution is 2.27. The molecule has 1 aromatic carbocycles. The Morgan fingerprint density at radius 2 is 1.92 bits per heavy atom. The van der Waals surface area contributed by atoms with Crippen LogP contribution in [0.1, 0.15) is 18.4 Å². The van der Waals surface area contributed by atoms with E-state index in [0.717, 1.165) is 5.56 Å². The zero-order chi connectivity index (χ0) is 17.9. The fourth-order valence-electron chi connectivity index (χ4n) is 2.73. The zero-order valence-corrected chi connectivity index (χ0v) is 15.4. The number of carbonyl (C=O) groups is 1. The number of anilines is 1. The molecule has 1 aliphatic rings. The van der Waals surface area contributed by atoms with Gasteiger partial charge >= 0.3 is 0 Å². The third kappa shape index (κ3) is 4.06. The number of aryl methyl sites for hydroxylation is 1. The van der Waals surface area contributed by atoms with Gasteiger partial charge in [-0.15, -0.1) is 0 Å². The minimum absolute atomic E-state index is 0.0965. The summed E-state index contributed by atoms with van der Waals surface area (Å²) in [7, 11) is 1.18. The molecule has 0 radical (unpaired) electrons. The second kappa shape index (κ2) is 7.50. The maximum atomic E-state index is 12.5. The van der Waals surface area contributed by atoms with Crippen molar-refractivity contribution < 1.29 is 17.9 Å². The van der Waals surface area contributed by atoms with Gasteiger partial charge in [-0.3, -0.25) is 4.79 Å². The van der Waals surface area contributed by atoms with Crippen LogP contribution in [-0.4, -0.2) is 57.2 Å². The van der Waals surface area contributed by atoms with E-state index in [4.69, 9.17) is 4.74 Å². The molecular weight excluding hydrogens is 330 g/mol. The Kier molecular flexibility index (Phi) is 5.84. The molecule has 134 valence electrons. The van der Waals surface area contributed by atoms with Crippen molar-refractivity contribution >= 4 is 21.8 Å². The number of hydrogen-bond donors (Lipinski definition) is 1. The number of rotatable bonds is 5. The molecule has 0 bridgehead atoms. The fraction of sp³-hybridized carbons (Fsp3) is 0.562. The smallest absolute Gasteiger partial charge is 0.281 e. The van der Waals surface area contributed by atoms with Gasteiger partial charge in [-0.05, 0) is 37.5 Å². The largest absolute Gasteiger partial charge is 0.495 e. The van der Waals surface area contributed by atoms with Crippen LogP contribution in [0.3, 0.4) is 0 Å². The van der Waals surface area contributed by atoms with Gasteiger partial charge in [0.2, 0.25) is 5.91 Å². The minimum Gasteiger partial charge on any atom is -0.495 e. The predicted molar refractivity (Wildman–Crippen MR) is 93.3 cm³/mol. The van der Waals surface area contributed by atoms with Crippen molar-refractivity contribution in [3.8, 4) is 5.75 Å². The number of nitrogens with one attached hydrogen (secondary N) is 1. The average molecular weight is 355 g/mol. The Morgan fingerprint density at radius 3 is 2.46 bits per heavy atom. The number of benzene rings is 1. The molecule has 0 saturated carbocycles. The van der Waals surface area contributed by atoms with Crippen LogP contribution in [0.15, 0.2) is 18.2 Å². The van der Waals surface area contributed by atoms with Gasteiger partial charge in [-0.2, -0.15) is 17.0 Å². The standard InChI is InChI=1S/C16H25N3O4S/c1-12-5-6-15(23-4)14(11-12)17-16(20)13-7-9-19(10-8-13)24(21,22)18(2)3/h5-6,11,13H,7-10H2,1-4H3,(H,17,20). The van der Waals surface area contributed by atoms with Crippen molar-refractivity contribution in [1.29, 1.82) is 0 Å². The molecule has 0 aromatic heterocycles. The van der Waals surface area contributed by atoms with E-state index >= 15 is 0 Å². The first kappa shape index (κ1) is 18.7. The van der Waals surface area contributed by atoms with Crippen LogP contribution in [0.4, 0.5) is 5.69 Å². The van der Waals surface area contributed by atoms with Gasteiger partial charge in [0.05, 0.1) is 12.8 Å². The predicted octanol–water partition coefficient (Wildman–Crippen LogP) is 1.46. The van der Waals surface area contributed by atoms with Gasteiger partial charge in [-0.1, -0.05) is 6.07 Å². The first-order valence-electron chi connectivity index (χ1n) is 7.89. The monoisotopic (exact) mass is 355 g/mol. The summed E-state index contributed by atoms with van der Waals surface area (Å²) < 4.78 is 32.1. The van der Waals surface area contributed by atoms with Crippen LogP contribution < -0.4 is 10.1 Å². The minimum atomic E-state index is -3.41.